The van der Waals surface area contributed by atoms with Crippen molar-refractivity contribution in [2.24, 2.45) is 17.0 Å². The number of sulfonamides is 1. The molecular formula is C34H44N6O6S2. The number of nitrogens with zero attached hydrogens (tertiary/aromatic N) is 5. The van der Waals surface area contributed by atoms with Gasteiger partial charge in [-0.1, -0.05) is 75.3 Å². The SMILES string of the molecule is Cc1nc(Cn2ccn([C@H](C(=O)N[C@@H](Cc3ccccc3)[C@H](O)CN(CC(C)C)S(=O)(=O)c3ccc(C=NO)cc3)C(C)C)c2=O)cs1. The Morgan fingerprint density at radius 3 is 2.33 bits per heavy atom. The standard InChI is InChI=1S/C34H44N6O6S2/c1-23(2)19-39(48(45,46)29-13-11-27(12-14-29)18-35-44)21-31(41)30(17-26-9-7-6-8-10-26)37-33(42)32(24(3)4)40-16-15-38(34(40)43)20-28-22-47-25(5)36-28/h6-16,18,22-24,30-32,41,44H,17,19-21H2,1-5H3,(H,37,42)/t30-,31+,32-/m0/s1. The molecule has 14 heteroatoms. The molecule has 4 aromatic rings. The zero-order valence-corrected chi connectivity index (χ0v) is 29.4. The van der Waals surface area contributed by atoms with E-state index in [4.69, 9.17) is 5.21 Å². The van der Waals surface area contributed by atoms with Crippen molar-refractivity contribution in [3.8, 4) is 0 Å². The first-order valence-electron chi connectivity index (χ1n) is 15.8. The number of aliphatic hydroxyl groups excluding tert-OH is 1. The number of hydrogen-bond donors (Lipinski definition) is 3. The fraction of sp³-hybridized carbons (Fsp3) is 0.412. The highest BCUT2D eigenvalue weighted by Gasteiger charge is 2.34. The number of imidazole rings is 1. The lowest BCUT2D eigenvalue weighted by Gasteiger charge is -2.32. The van der Waals surface area contributed by atoms with Crippen molar-refractivity contribution < 1.29 is 23.5 Å². The summed E-state index contributed by atoms with van der Waals surface area (Å²) in [5, 5.41) is 29.3. The summed E-state index contributed by atoms with van der Waals surface area (Å²) in [6, 6.07) is 13.4. The van der Waals surface area contributed by atoms with Crippen LogP contribution in [-0.2, 0) is 27.8 Å². The summed E-state index contributed by atoms with van der Waals surface area (Å²) in [5.41, 5.74) is 1.75. The van der Waals surface area contributed by atoms with Crippen LogP contribution in [0.3, 0.4) is 0 Å². The van der Waals surface area contributed by atoms with Gasteiger partial charge in [0.2, 0.25) is 15.9 Å². The average Bonchev–Trinajstić information content (AvgIpc) is 3.61. The van der Waals surface area contributed by atoms with Gasteiger partial charge in [0.15, 0.2) is 0 Å². The molecule has 4 rings (SSSR count). The second kappa shape index (κ2) is 16.3. The molecule has 0 unspecified atom stereocenters. The molecule has 0 bridgehead atoms. The van der Waals surface area contributed by atoms with Gasteiger partial charge in [0.25, 0.3) is 0 Å². The molecule has 0 aliphatic heterocycles. The van der Waals surface area contributed by atoms with Gasteiger partial charge in [0, 0.05) is 30.9 Å². The van der Waals surface area contributed by atoms with Crippen LogP contribution in [-0.4, -0.2) is 74.5 Å². The third-order valence-corrected chi connectivity index (χ3v) is 10.5. The summed E-state index contributed by atoms with van der Waals surface area (Å²) in [7, 11) is -4.06. The molecule has 2 aromatic heterocycles. The quantitative estimate of drug-likeness (QED) is 0.0911. The van der Waals surface area contributed by atoms with E-state index in [1.54, 1.807) is 12.4 Å². The zero-order chi connectivity index (χ0) is 35.0. The minimum absolute atomic E-state index is 0.0191. The van der Waals surface area contributed by atoms with Crippen molar-refractivity contribution in [2.75, 3.05) is 13.1 Å². The number of carbonyl (C=O) groups is 1. The number of aliphatic hydroxyl groups is 1. The number of aromatic nitrogens is 3. The van der Waals surface area contributed by atoms with E-state index < -0.39 is 34.1 Å². The number of thiazole rings is 1. The number of aryl methyl sites for hydroxylation is 1. The topological polar surface area (TPSA) is 159 Å². The summed E-state index contributed by atoms with van der Waals surface area (Å²) in [6.45, 7) is 9.46. The number of benzene rings is 2. The van der Waals surface area contributed by atoms with Crippen molar-refractivity contribution in [1.82, 2.24) is 23.7 Å². The predicted molar refractivity (Wildman–Crippen MR) is 186 cm³/mol. The van der Waals surface area contributed by atoms with E-state index in [2.05, 4.69) is 15.5 Å². The summed E-state index contributed by atoms with van der Waals surface area (Å²) in [4.78, 5) is 31.9. The molecule has 0 saturated carbocycles. The van der Waals surface area contributed by atoms with Gasteiger partial charge in [-0.05, 0) is 48.4 Å². The Hall–Kier alpha value is -4.11. The molecule has 12 nitrogen and oxygen atoms in total. The highest BCUT2D eigenvalue weighted by atomic mass is 32.2. The minimum Gasteiger partial charge on any atom is -0.411 e. The van der Waals surface area contributed by atoms with Crippen molar-refractivity contribution in [3.63, 3.8) is 0 Å². The lowest BCUT2D eigenvalue weighted by Crippen LogP contribution is -2.53. The predicted octanol–water partition coefficient (Wildman–Crippen LogP) is 3.90. The van der Waals surface area contributed by atoms with Gasteiger partial charge < -0.3 is 15.6 Å². The Morgan fingerprint density at radius 2 is 1.75 bits per heavy atom. The van der Waals surface area contributed by atoms with Gasteiger partial charge in [-0.15, -0.1) is 11.3 Å². The normalized spacial score (nSPS) is 14.2. The lowest BCUT2D eigenvalue weighted by atomic mass is 9.98. The largest absolute Gasteiger partial charge is 0.411 e. The second-order valence-corrected chi connectivity index (χ2v) is 15.6. The molecular weight excluding hydrogens is 653 g/mol. The van der Waals surface area contributed by atoms with Crippen LogP contribution in [0.5, 0.6) is 0 Å². The average molecular weight is 697 g/mol. The summed E-state index contributed by atoms with van der Waals surface area (Å²) in [5.74, 6) is -0.815. The number of rotatable bonds is 16. The molecule has 48 heavy (non-hydrogen) atoms. The maximum absolute atomic E-state index is 14.0. The third-order valence-electron chi connectivity index (χ3n) is 7.85. The summed E-state index contributed by atoms with van der Waals surface area (Å²) in [6.07, 6.45) is 3.34. The van der Waals surface area contributed by atoms with Gasteiger partial charge in [-0.2, -0.15) is 4.31 Å². The molecule has 3 atom stereocenters. The van der Waals surface area contributed by atoms with E-state index in [9.17, 15) is 23.1 Å². The van der Waals surface area contributed by atoms with E-state index in [0.29, 0.717) is 5.56 Å². The Kier molecular flexibility index (Phi) is 12.5. The number of oxime groups is 1. The lowest BCUT2D eigenvalue weighted by molar-refractivity contribution is -0.127. The van der Waals surface area contributed by atoms with E-state index in [0.717, 1.165) is 16.3 Å². The summed E-state index contributed by atoms with van der Waals surface area (Å²) < 4.78 is 31.8. The Bertz CT molecular complexity index is 1830. The van der Waals surface area contributed by atoms with Crippen LogP contribution in [0.15, 0.2) is 87.2 Å². The fourth-order valence-corrected chi connectivity index (χ4v) is 7.77. The Morgan fingerprint density at radius 1 is 1.06 bits per heavy atom. The smallest absolute Gasteiger partial charge is 0.329 e. The Balaban J connectivity index is 1.62. The first-order chi connectivity index (χ1) is 22.8. The molecule has 0 radical (unpaired) electrons. The molecule has 0 spiro atoms. The van der Waals surface area contributed by atoms with Crippen molar-refractivity contribution in [2.45, 2.75) is 70.7 Å². The van der Waals surface area contributed by atoms with E-state index in [1.165, 1.54) is 55.3 Å². The molecule has 0 fully saturated rings. The van der Waals surface area contributed by atoms with Gasteiger partial charge in [-0.3, -0.25) is 13.9 Å². The van der Waals surface area contributed by atoms with Crippen LogP contribution >= 0.6 is 11.3 Å². The van der Waals surface area contributed by atoms with Crippen LogP contribution in [0.4, 0.5) is 0 Å². The number of hydrogen-bond acceptors (Lipinski definition) is 9. The number of amides is 1. The van der Waals surface area contributed by atoms with Crippen molar-refractivity contribution >= 4 is 33.5 Å². The van der Waals surface area contributed by atoms with Crippen LogP contribution in [0, 0.1) is 18.8 Å². The maximum atomic E-state index is 14.0. The third kappa shape index (κ3) is 9.28. The van der Waals surface area contributed by atoms with Gasteiger partial charge >= 0.3 is 5.69 Å². The molecule has 0 saturated heterocycles. The van der Waals surface area contributed by atoms with Gasteiger partial charge in [0.1, 0.15) is 6.04 Å². The summed E-state index contributed by atoms with van der Waals surface area (Å²) >= 11 is 1.50. The van der Waals surface area contributed by atoms with Crippen LogP contribution < -0.4 is 11.0 Å². The minimum atomic E-state index is -4.06. The molecule has 0 aliphatic rings. The second-order valence-electron chi connectivity index (χ2n) is 12.6. The fourth-order valence-electron chi connectivity index (χ4n) is 5.54. The van der Waals surface area contributed by atoms with Crippen LogP contribution in [0.2, 0.25) is 0 Å². The zero-order valence-electron chi connectivity index (χ0n) is 27.8. The number of carbonyl (C=O) groups excluding carboxylic acids is 1. The van der Waals surface area contributed by atoms with Crippen LogP contribution in [0.1, 0.15) is 55.6 Å². The number of nitrogens with one attached hydrogen (secondary N) is 1. The molecule has 0 aliphatic carbocycles. The maximum Gasteiger partial charge on any atom is 0.329 e. The van der Waals surface area contributed by atoms with E-state index in [-0.39, 0.29) is 48.5 Å². The van der Waals surface area contributed by atoms with Crippen molar-refractivity contribution in [1.29, 1.82) is 0 Å². The van der Waals surface area contributed by atoms with E-state index in [1.807, 2.05) is 70.3 Å². The van der Waals surface area contributed by atoms with Gasteiger partial charge in [0.05, 0.1) is 40.5 Å². The highest BCUT2D eigenvalue weighted by molar-refractivity contribution is 7.89. The highest BCUT2D eigenvalue weighted by Crippen LogP contribution is 2.22. The van der Waals surface area contributed by atoms with Crippen LogP contribution in [0.25, 0.3) is 0 Å². The van der Waals surface area contributed by atoms with Gasteiger partial charge in [-0.25, -0.2) is 18.2 Å². The molecule has 3 N–H and O–H groups in total. The molecule has 1 amide bonds. The first kappa shape index (κ1) is 36.7. The molecule has 2 heterocycles. The monoisotopic (exact) mass is 696 g/mol. The molecule has 258 valence electrons. The Labute approximate surface area is 285 Å². The van der Waals surface area contributed by atoms with E-state index >= 15 is 0 Å². The van der Waals surface area contributed by atoms with Crippen molar-refractivity contribution in [3.05, 3.63) is 105 Å². The molecule has 2 aromatic carbocycles. The first-order valence-corrected chi connectivity index (χ1v) is 18.1.